The van der Waals surface area contributed by atoms with Crippen molar-refractivity contribution in [1.29, 1.82) is 0 Å². The average molecular weight is 330 g/mol. The van der Waals surface area contributed by atoms with Gasteiger partial charge in [0.15, 0.2) is 0 Å². The molecule has 2 nitrogen and oxygen atoms in total. The minimum atomic E-state index is -0.710. The van der Waals surface area contributed by atoms with Crippen LogP contribution >= 0.6 is 15.9 Å². The molecule has 1 aliphatic carbocycles. The highest BCUT2D eigenvalue weighted by atomic mass is 79.9. The number of hydrogen-bond donors (Lipinski definition) is 1. The van der Waals surface area contributed by atoms with Gasteiger partial charge in [0.2, 0.25) is 0 Å². The lowest BCUT2D eigenvalue weighted by Gasteiger charge is -2.15. The van der Waals surface area contributed by atoms with Crippen molar-refractivity contribution < 1.29 is 4.21 Å². The van der Waals surface area contributed by atoms with Gasteiger partial charge in [-0.05, 0) is 43.0 Å². The Balaban J connectivity index is 1.90. The smallest absolute Gasteiger partial charge is 0.0329 e. The summed E-state index contributed by atoms with van der Waals surface area (Å²) < 4.78 is 12.5. The van der Waals surface area contributed by atoms with Gasteiger partial charge in [-0.2, -0.15) is 0 Å². The molecule has 0 aliphatic heterocycles. The first-order chi connectivity index (χ1) is 8.59. The van der Waals surface area contributed by atoms with Crippen LogP contribution in [0.2, 0.25) is 0 Å². The van der Waals surface area contributed by atoms with Crippen molar-refractivity contribution in [3.63, 3.8) is 0 Å². The van der Waals surface area contributed by atoms with Crippen molar-refractivity contribution in [3.05, 3.63) is 33.8 Å². The quantitative estimate of drug-likeness (QED) is 0.898. The van der Waals surface area contributed by atoms with Crippen molar-refractivity contribution >= 4 is 26.7 Å². The Morgan fingerprint density at radius 2 is 2.33 bits per heavy atom. The molecule has 0 spiro atoms. The van der Waals surface area contributed by atoms with Crippen molar-refractivity contribution in [2.75, 3.05) is 12.8 Å². The molecule has 18 heavy (non-hydrogen) atoms. The van der Waals surface area contributed by atoms with Crippen LogP contribution in [0.5, 0.6) is 0 Å². The molecule has 1 aromatic rings. The molecule has 0 bridgehead atoms. The molecular formula is C14H20BrNOS. The second-order valence-electron chi connectivity index (χ2n) is 4.95. The maximum absolute atomic E-state index is 11.3. The molecule has 4 heteroatoms. The fourth-order valence-corrected chi connectivity index (χ4v) is 3.48. The average Bonchev–Trinajstić information content (AvgIpc) is 2.74. The number of rotatable bonds is 5. The standard InChI is InChI=1S/C14H20BrNOS/c1-10(18(2)17)8-9-16-14-7-6-11-12(14)4-3-5-13(11)15/h3-5,10,14,16H,6-9H2,1-2H3/t10-,14-,18-/m1/s1. The van der Waals surface area contributed by atoms with E-state index in [1.807, 2.05) is 0 Å². The minimum absolute atomic E-state index is 0.279. The van der Waals surface area contributed by atoms with Crippen LogP contribution in [-0.4, -0.2) is 22.3 Å². The van der Waals surface area contributed by atoms with E-state index in [0.29, 0.717) is 6.04 Å². The fraction of sp³-hybridized carbons (Fsp3) is 0.571. The SMILES string of the molecule is C[C@H](CCN[C@@H]1CCc2c(Br)cccc21)[S@@](C)=O. The van der Waals surface area contributed by atoms with Crippen molar-refractivity contribution in [2.24, 2.45) is 0 Å². The second-order valence-corrected chi connectivity index (χ2v) is 7.61. The van der Waals surface area contributed by atoms with Gasteiger partial charge in [0.05, 0.1) is 0 Å². The van der Waals surface area contributed by atoms with Gasteiger partial charge in [-0.15, -0.1) is 0 Å². The van der Waals surface area contributed by atoms with Gasteiger partial charge >= 0.3 is 0 Å². The number of hydrogen-bond acceptors (Lipinski definition) is 2. The van der Waals surface area contributed by atoms with E-state index in [0.717, 1.165) is 19.4 Å². The van der Waals surface area contributed by atoms with E-state index < -0.39 is 10.8 Å². The maximum atomic E-state index is 11.3. The van der Waals surface area contributed by atoms with E-state index in [9.17, 15) is 4.21 Å². The third kappa shape index (κ3) is 3.22. The summed E-state index contributed by atoms with van der Waals surface area (Å²) in [7, 11) is -0.710. The van der Waals surface area contributed by atoms with Crippen LogP contribution in [-0.2, 0) is 17.2 Å². The fourth-order valence-electron chi connectivity index (χ4n) is 2.45. The van der Waals surface area contributed by atoms with Gasteiger partial charge in [0.25, 0.3) is 0 Å². The van der Waals surface area contributed by atoms with E-state index in [4.69, 9.17) is 0 Å². The topological polar surface area (TPSA) is 29.1 Å². The summed E-state index contributed by atoms with van der Waals surface area (Å²) in [5, 5.41) is 3.87. The summed E-state index contributed by atoms with van der Waals surface area (Å²) in [5.74, 6) is 0. The summed E-state index contributed by atoms with van der Waals surface area (Å²) in [6.45, 7) is 2.99. The lowest BCUT2D eigenvalue weighted by molar-refractivity contribution is 0.518. The minimum Gasteiger partial charge on any atom is -0.310 e. The van der Waals surface area contributed by atoms with Crippen molar-refractivity contribution in [3.8, 4) is 0 Å². The van der Waals surface area contributed by atoms with E-state index in [1.54, 1.807) is 6.26 Å². The number of benzene rings is 1. The Hall–Kier alpha value is -0.190. The van der Waals surface area contributed by atoms with Crippen LogP contribution in [0, 0.1) is 0 Å². The van der Waals surface area contributed by atoms with Crippen LogP contribution in [0.4, 0.5) is 0 Å². The molecule has 0 heterocycles. The molecule has 0 saturated heterocycles. The van der Waals surface area contributed by atoms with Crippen LogP contribution in [0.3, 0.4) is 0 Å². The van der Waals surface area contributed by atoms with Gasteiger partial charge < -0.3 is 5.32 Å². The van der Waals surface area contributed by atoms with Crippen LogP contribution in [0.1, 0.15) is 36.9 Å². The zero-order chi connectivity index (χ0) is 13.1. The summed E-state index contributed by atoms with van der Waals surface area (Å²) in [6, 6.07) is 6.90. The molecular weight excluding hydrogens is 310 g/mol. The molecule has 0 radical (unpaired) electrons. The normalized spacial score (nSPS) is 21.6. The molecule has 0 amide bonds. The molecule has 2 rings (SSSR count). The third-order valence-electron chi connectivity index (χ3n) is 3.72. The van der Waals surface area contributed by atoms with Crippen LogP contribution < -0.4 is 5.32 Å². The van der Waals surface area contributed by atoms with E-state index >= 15 is 0 Å². The highest BCUT2D eigenvalue weighted by Gasteiger charge is 2.23. The first-order valence-corrected chi connectivity index (χ1v) is 8.84. The molecule has 0 saturated carbocycles. The zero-order valence-electron chi connectivity index (χ0n) is 10.9. The summed E-state index contributed by atoms with van der Waals surface area (Å²) in [4.78, 5) is 0. The molecule has 100 valence electrons. The predicted molar refractivity (Wildman–Crippen MR) is 81.4 cm³/mol. The number of nitrogens with one attached hydrogen (secondary N) is 1. The predicted octanol–water partition coefficient (Wildman–Crippen LogP) is 3.18. The zero-order valence-corrected chi connectivity index (χ0v) is 13.3. The monoisotopic (exact) mass is 329 g/mol. The van der Waals surface area contributed by atoms with Crippen LogP contribution in [0.15, 0.2) is 22.7 Å². The molecule has 0 unspecified atom stereocenters. The van der Waals surface area contributed by atoms with Crippen LogP contribution in [0.25, 0.3) is 0 Å². The van der Waals surface area contributed by atoms with Gasteiger partial charge in [-0.25, -0.2) is 0 Å². The lowest BCUT2D eigenvalue weighted by atomic mass is 10.1. The van der Waals surface area contributed by atoms with E-state index in [-0.39, 0.29) is 5.25 Å². The Morgan fingerprint density at radius 1 is 1.56 bits per heavy atom. The molecule has 1 N–H and O–H groups in total. The largest absolute Gasteiger partial charge is 0.310 e. The summed E-state index contributed by atoms with van der Waals surface area (Å²) in [5.41, 5.74) is 2.87. The number of fused-ring (bicyclic) bond motifs is 1. The molecule has 0 fully saturated rings. The Morgan fingerprint density at radius 3 is 3.06 bits per heavy atom. The van der Waals surface area contributed by atoms with Gasteiger partial charge in [0.1, 0.15) is 0 Å². The lowest BCUT2D eigenvalue weighted by Crippen LogP contribution is -2.24. The van der Waals surface area contributed by atoms with E-state index in [2.05, 4.69) is 46.4 Å². The molecule has 0 aromatic heterocycles. The first-order valence-electron chi connectivity index (χ1n) is 6.42. The molecule has 1 aliphatic rings. The van der Waals surface area contributed by atoms with Crippen molar-refractivity contribution in [2.45, 2.75) is 37.5 Å². The van der Waals surface area contributed by atoms with Gasteiger partial charge in [0, 0.05) is 32.8 Å². The highest BCUT2D eigenvalue weighted by Crippen LogP contribution is 2.35. The summed E-state index contributed by atoms with van der Waals surface area (Å²) >= 11 is 3.62. The highest BCUT2D eigenvalue weighted by molar-refractivity contribution is 9.10. The Bertz CT molecular complexity index is 449. The molecule has 1 aromatic carbocycles. The van der Waals surface area contributed by atoms with Crippen molar-refractivity contribution in [1.82, 2.24) is 5.32 Å². The Kier molecular flexibility index (Phi) is 4.98. The maximum Gasteiger partial charge on any atom is 0.0329 e. The Labute approximate surface area is 120 Å². The second kappa shape index (κ2) is 6.31. The summed E-state index contributed by atoms with van der Waals surface area (Å²) in [6.07, 6.45) is 5.07. The first kappa shape index (κ1) is 14.2. The third-order valence-corrected chi connectivity index (χ3v) is 5.83. The van der Waals surface area contributed by atoms with Gasteiger partial charge in [-0.3, -0.25) is 4.21 Å². The van der Waals surface area contributed by atoms with Gasteiger partial charge in [-0.1, -0.05) is 35.0 Å². The number of halogens is 1. The molecule has 3 atom stereocenters. The van der Waals surface area contributed by atoms with E-state index in [1.165, 1.54) is 22.0 Å².